The van der Waals surface area contributed by atoms with Gasteiger partial charge in [-0.2, -0.15) is 0 Å². The summed E-state index contributed by atoms with van der Waals surface area (Å²) in [7, 11) is 0. The Hall–Kier alpha value is -2.20. The molecular weight excluding hydrogens is 350 g/mol. The van der Waals surface area contributed by atoms with E-state index in [2.05, 4.69) is 42.6 Å². The number of hydrogen-bond donors (Lipinski definition) is 1. The van der Waals surface area contributed by atoms with Crippen LogP contribution in [0.4, 0.5) is 5.69 Å². The molecule has 2 aromatic rings. The highest BCUT2D eigenvalue weighted by Crippen LogP contribution is 2.50. The van der Waals surface area contributed by atoms with Crippen molar-refractivity contribution in [2.45, 2.75) is 52.2 Å². The van der Waals surface area contributed by atoms with E-state index in [0.717, 1.165) is 37.4 Å². The SMILES string of the molecule is CCOc1ccc([C@H]2Nc3ccc(CC)cc3[C@H]3OCCC[C@@H]23)cc1OCC. The van der Waals surface area contributed by atoms with Gasteiger partial charge in [-0.15, -0.1) is 0 Å². The summed E-state index contributed by atoms with van der Waals surface area (Å²) in [5.41, 5.74) is 5.11. The van der Waals surface area contributed by atoms with Crippen LogP contribution in [-0.2, 0) is 11.2 Å². The molecule has 0 unspecified atom stereocenters. The normalized spacial score (nSPS) is 23.3. The fourth-order valence-electron chi connectivity index (χ4n) is 4.53. The van der Waals surface area contributed by atoms with E-state index in [1.54, 1.807) is 0 Å². The molecule has 2 aromatic carbocycles. The lowest BCUT2D eigenvalue weighted by atomic mass is 9.77. The number of aryl methyl sites for hydroxylation is 1. The lowest BCUT2D eigenvalue weighted by molar-refractivity contribution is -0.0381. The second kappa shape index (κ2) is 8.44. The van der Waals surface area contributed by atoms with Crippen molar-refractivity contribution in [3.63, 3.8) is 0 Å². The Bertz CT molecular complexity index is 819. The van der Waals surface area contributed by atoms with Gasteiger partial charge in [0.05, 0.1) is 25.4 Å². The first-order valence-electron chi connectivity index (χ1n) is 10.7. The summed E-state index contributed by atoms with van der Waals surface area (Å²) in [5.74, 6) is 2.05. The molecule has 4 rings (SSSR count). The number of fused-ring (bicyclic) bond motifs is 3. The largest absolute Gasteiger partial charge is 0.490 e. The van der Waals surface area contributed by atoms with Crippen molar-refractivity contribution < 1.29 is 14.2 Å². The summed E-state index contributed by atoms with van der Waals surface area (Å²) in [4.78, 5) is 0. The lowest BCUT2D eigenvalue weighted by Gasteiger charge is -2.43. The van der Waals surface area contributed by atoms with Gasteiger partial charge >= 0.3 is 0 Å². The van der Waals surface area contributed by atoms with Gasteiger partial charge in [0.25, 0.3) is 0 Å². The monoisotopic (exact) mass is 381 g/mol. The third kappa shape index (κ3) is 3.58. The van der Waals surface area contributed by atoms with Gasteiger partial charge in [0.15, 0.2) is 11.5 Å². The Morgan fingerprint density at radius 1 is 1.00 bits per heavy atom. The number of benzene rings is 2. The molecule has 1 N–H and O–H groups in total. The zero-order chi connectivity index (χ0) is 19.5. The van der Waals surface area contributed by atoms with Crippen LogP contribution in [0.3, 0.4) is 0 Å². The number of rotatable bonds is 6. The van der Waals surface area contributed by atoms with E-state index >= 15 is 0 Å². The Balaban J connectivity index is 1.72. The molecule has 28 heavy (non-hydrogen) atoms. The van der Waals surface area contributed by atoms with Gasteiger partial charge < -0.3 is 19.5 Å². The summed E-state index contributed by atoms with van der Waals surface area (Å²) in [6.07, 6.45) is 3.47. The third-order valence-corrected chi connectivity index (χ3v) is 5.86. The van der Waals surface area contributed by atoms with E-state index in [1.165, 1.54) is 22.4 Å². The van der Waals surface area contributed by atoms with Crippen LogP contribution in [-0.4, -0.2) is 19.8 Å². The van der Waals surface area contributed by atoms with Crippen molar-refractivity contribution >= 4 is 5.69 Å². The minimum absolute atomic E-state index is 0.156. The summed E-state index contributed by atoms with van der Waals surface area (Å²) in [6, 6.07) is 13.3. The van der Waals surface area contributed by atoms with Crippen LogP contribution < -0.4 is 14.8 Å². The molecule has 4 nitrogen and oxygen atoms in total. The van der Waals surface area contributed by atoms with Crippen LogP contribution in [0.5, 0.6) is 11.5 Å². The second-order valence-corrected chi connectivity index (χ2v) is 7.57. The minimum atomic E-state index is 0.156. The molecule has 0 aromatic heterocycles. The van der Waals surface area contributed by atoms with E-state index in [9.17, 15) is 0 Å². The molecule has 150 valence electrons. The molecule has 0 amide bonds. The first-order chi connectivity index (χ1) is 13.7. The van der Waals surface area contributed by atoms with E-state index in [-0.39, 0.29) is 12.1 Å². The second-order valence-electron chi connectivity index (χ2n) is 7.57. The Kier molecular flexibility index (Phi) is 5.77. The van der Waals surface area contributed by atoms with Crippen LogP contribution in [0.1, 0.15) is 62.4 Å². The zero-order valence-corrected chi connectivity index (χ0v) is 17.2. The van der Waals surface area contributed by atoms with E-state index < -0.39 is 0 Å². The van der Waals surface area contributed by atoms with E-state index in [0.29, 0.717) is 19.1 Å². The van der Waals surface area contributed by atoms with Crippen LogP contribution in [0.2, 0.25) is 0 Å². The Morgan fingerprint density at radius 2 is 1.82 bits per heavy atom. The minimum Gasteiger partial charge on any atom is -0.490 e. The average Bonchev–Trinajstić information content (AvgIpc) is 2.74. The number of hydrogen-bond acceptors (Lipinski definition) is 4. The summed E-state index contributed by atoms with van der Waals surface area (Å²) >= 11 is 0. The molecule has 2 aliphatic rings. The molecule has 4 heteroatoms. The van der Waals surface area contributed by atoms with Gasteiger partial charge in [-0.05, 0) is 62.4 Å². The highest BCUT2D eigenvalue weighted by Gasteiger charge is 2.40. The fourth-order valence-corrected chi connectivity index (χ4v) is 4.53. The van der Waals surface area contributed by atoms with Gasteiger partial charge in [-0.3, -0.25) is 0 Å². The van der Waals surface area contributed by atoms with Crippen molar-refractivity contribution in [3.8, 4) is 11.5 Å². The molecule has 0 saturated carbocycles. The maximum atomic E-state index is 6.30. The van der Waals surface area contributed by atoms with Crippen LogP contribution >= 0.6 is 0 Å². The van der Waals surface area contributed by atoms with Gasteiger partial charge in [0.2, 0.25) is 0 Å². The van der Waals surface area contributed by atoms with Gasteiger partial charge in [-0.1, -0.05) is 25.1 Å². The molecule has 0 bridgehead atoms. The summed E-state index contributed by atoms with van der Waals surface area (Å²) in [5, 5.41) is 3.81. The Morgan fingerprint density at radius 3 is 2.61 bits per heavy atom. The standard InChI is InChI=1S/C24H31NO3/c1-4-16-9-11-20-19(14-16)24-18(8-7-13-28-24)23(25-20)17-10-12-21(26-5-2)22(15-17)27-6-3/h9-12,14-15,18,23-25H,4-8,13H2,1-3H3/t18-,23+,24-/m0/s1. The average molecular weight is 382 g/mol. The first-order valence-corrected chi connectivity index (χ1v) is 10.7. The molecule has 2 heterocycles. The smallest absolute Gasteiger partial charge is 0.161 e. The van der Waals surface area contributed by atoms with Gasteiger partial charge in [0, 0.05) is 23.8 Å². The van der Waals surface area contributed by atoms with Crippen molar-refractivity contribution in [1.82, 2.24) is 0 Å². The number of anilines is 1. The third-order valence-electron chi connectivity index (χ3n) is 5.86. The van der Waals surface area contributed by atoms with Gasteiger partial charge in [-0.25, -0.2) is 0 Å². The van der Waals surface area contributed by atoms with E-state index in [1.807, 2.05) is 19.9 Å². The van der Waals surface area contributed by atoms with Crippen molar-refractivity contribution in [3.05, 3.63) is 53.1 Å². The van der Waals surface area contributed by atoms with Gasteiger partial charge in [0.1, 0.15) is 0 Å². The molecule has 1 fully saturated rings. The zero-order valence-electron chi connectivity index (χ0n) is 17.2. The van der Waals surface area contributed by atoms with Crippen molar-refractivity contribution in [2.24, 2.45) is 5.92 Å². The van der Waals surface area contributed by atoms with Crippen molar-refractivity contribution in [1.29, 1.82) is 0 Å². The van der Waals surface area contributed by atoms with Crippen LogP contribution in [0, 0.1) is 5.92 Å². The summed E-state index contributed by atoms with van der Waals surface area (Å²) in [6.45, 7) is 8.31. The molecule has 3 atom stereocenters. The molecular formula is C24H31NO3. The highest BCUT2D eigenvalue weighted by atomic mass is 16.5. The topological polar surface area (TPSA) is 39.7 Å². The maximum absolute atomic E-state index is 6.30. The summed E-state index contributed by atoms with van der Waals surface area (Å²) < 4.78 is 17.9. The molecule has 0 radical (unpaired) electrons. The quantitative estimate of drug-likeness (QED) is 0.699. The number of nitrogens with one attached hydrogen (secondary N) is 1. The predicted octanol–water partition coefficient (Wildman–Crippen LogP) is 5.68. The first kappa shape index (κ1) is 19.1. The molecule has 2 aliphatic heterocycles. The maximum Gasteiger partial charge on any atom is 0.161 e. The molecule has 0 spiro atoms. The Labute approximate surface area is 168 Å². The van der Waals surface area contributed by atoms with Crippen LogP contribution in [0.25, 0.3) is 0 Å². The lowest BCUT2D eigenvalue weighted by Crippen LogP contribution is -2.36. The predicted molar refractivity (Wildman–Crippen MR) is 112 cm³/mol. The van der Waals surface area contributed by atoms with E-state index in [4.69, 9.17) is 14.2 Å². The van der Waals surface area contributed by atoms with Crippen molar-refractivity contribution in [2.75, 3.05) is 25.1 Å². The molecule has 0 aliphatic carbocycles. The number of ether oxygens (including phenoxy) is 3. The van der Waals surface area contributed by atoms with Crippen LogP contribution in [0.15, 0.2) is 36.4 Å². The highest BCUT2D eigenvalue weighted by molar-refractivity contribution is 5.59. The fraction of sp³-hybridized carbons (Fsp3) is 0.500. The molecule has 1 saturated heterocycles.